The van der Waals surface area contributed by atoms with E-state index < -0.39 is 5.91 Å². The molecule has 5 heteroatoms. The zero-order chi connectivity index (χ0) is 14.0. The fourth-order valence-electron chi connectivity index (χ4n) is 1.93. The number of anilines is 3. The Kier molecular flexibility index (Phi) is 3.62. The molecule has 0 aromatic heterocycles. The molecule has 0 bridgehead atoms. The number of halogens is 1. The van der Waals surface area contributed by atoms with Crippen LogP contribution in [0.5, 0.6) is 0 Å². The molecule has 4 N–H and O–H groups in total. The third kappa shape index (κ3) is 2.63. The number of carbonyl (C=O) groups is 1. The number of para-hydroxylation sites is 1. The quantitative estimate of drug-likeness (QED) is 0.846. The van der Waals surface area contributed by atoms with E-state index in [0.29, 0.717) is 22.0 Å². The molecule has 1 amide bonds. The fourth-order valence-corrected chi connectivity index (χ4v) is 2.28. The largest absolute Gasteiger partial charge is 0.399 e. The van der Waals surface area contributed by atoms with Crippen molar-refractivity contribution in [2.75, 3.05) is 17.7 Å². The molecule has 0 aliphatic carbocycles. The first-order valence-electron chi connectivity index (χ1n) is 5.68. The summed E-state index contributed by atoms with van der Waals surface area (Å²) in [5.41, 5.74) is 13.2. The molecular weight excluding hydrogens is 262 g/mol. The lowest BCUT2D eigenvalue weighted by Crippen LogP contribution is -2.19. The van der Waals surface area contributed by atoms with Crippen LogP contribution in [0.1, 0.15) is 10.4 Å². The van der Waals surface area contributed by atoms with Gasteiger partial charge in [0.1, 0.15) is 0 Å². The first-order valence-corrected chi connectivity index (χ1v) is 6.06. The van der Waals surface area contributed by atoms with Crippen LogP contribution < -0.4 is 16.4 Å². The molecule has 19 heavy (non-hydrogen) atoms. The van der Waals surface area contributed by atoms with Crippen LogP contribution in [-0.2, 0) is 0 Å². The van der Waals surface area contributed by atoms with E-state index in [1.54, 1.807) is 6.07 Å². The number of rotatable bonds is 3. The molecule has 98 valence electrons. The molecule has 0 radical (unpaired) electrons. The summed E-state index contributed by atoms with van der Waals surface area (Å²) >= 11 is 6.19. The summed E-state index contributed by atoms with van der Waals surface area (Å²) in [6.45, 7) is 0. The second kappa shape index (κ2) is 5.20. The van der Waals surface area contributed by atoms with Crippen molar-refractivity contribution in [3.8, 4) is 0 Å². The smallest absolute Gasteiger partial charge is 0.250 e. The molecule has 2 aromatic carbocycles. The van der Waals surface area contributed by atoms with Gasteiger partial charge in [-0.1, -0.05) is 29.8 Å². The molecule has 0 atom stereocenters. The van der Waals surface area contributed by atoms with Crippen molar-refractivity contribution in [3.63, 3.8) is 0 Å². The van der Waals surface area contributed by atoms with Crippen LogP contribution in [0.15, 0.2) is 42.5 Å². The summed E-state index contributed by atoms with van der Waals surface area (Å²) in [5, 5.41) is 0.389. The number of amides is 1. The van der Waals surface area contributed by atoms with Crippen molar-refractivity contribution in [2.45, 2.75) is 0 Å². The van der Waals surface area contributed by atoms with Gasteiger partial charge in [0.2, 0.25) is 0 Å². The van der Waals surface area contributed by atoms with Crippen molar-refractivity contribution < 1.29 is 4.79 Å². The lowest BCUT2D eigenvalue weighted by molar-refractivity contribution is 0.100. The third-order valence-electron chi connectivity index (χ3n) is 2.83. The minimum atomic E-state index is -0.563. The Morgan fingerprint density at radius 3 is 2.42 bits per heavy atom. The van der Waals surface area contributed by atoms with Crippen molar-refractivity contribution >= 4 is 34.6 Å². The predicted molar refractivity (Wildman–Crippen MR) is 78.9 cm³/mol. The molecule has 0 aliphatic rings. The number of hydrogen-bond donors (Lipinski definition) is 2. The van der Waals surface area contributed by atoms with Gasteiger partial charge in [0.25, 0.3) is 5.91 Å². The highest BCUT2D eigenvalue weighted by molar-refractivity contribution is 6.34. The highest BCUT2D eigenvalue weighted by atomic mass is 35.5. The second-order valence-corrected chi connectivity index (χ2v) is 4.56. The van der Waals surface area contributed by atoms with Gasteiger partial charge in [-0.3, -0.25) is 4.79 Å². The van der Waals surface area contributed by atoms with Crippen LogP contribution in [-0.4, -0.2) is 13.0 Å². The summed E-state index contributed by atoms with van der Waals surface area (Å²) in [5.74, 6) is -0.563. The molecule has 0 aliphatic heterocycles. The molecule has 4 nitrogen and oxygen atoms in total. The maximum Gasteiger partial charge on any atom is 0.250 e. The third-order valence-corrected chi connectivity index (χ3v) is 3.12. The van der Waals surface area contributed by atoms with Crippen LogP contribution >= 0.6 is 11.6 Å². The zero-order valence-corrected chi connectivity index (χ0v) is 11.2. The molecule has 2 aromatic rings. The predicted octanol–water partition coefficient (Wildman–Crippen LogP) is 2.79. The van der Waals surface area contributed by atoms with Gasteiger partial charge in [-0.05, 0) is 24.3 Å². The fraction of sp³-hybridized carbons (Fsp3) is 0.0714. The number of nitrogen functional groups attached to an aromatic ring is 1. The number of nitrogens with two attached hydrogens (primary N) is 2. The number of hydrogen-bond acceptors (Lipinski definition) is 3. The summed E-state index contributed by atoms with van der Waals surface area (Å²) < 4.78 is 0. The number of benzene rings is 2. The van der Waals surface area contributed by atoms with Crippen LogP contribution in [0.2, 0.25) is 5.02 Å². The minimum Gasteiger partial charge on any atom is -0.399 e. The maximum absolute atomic E-state index is 11.5. The van der Waals surface area contributed by atoms with Gasteiger partial charge in [0.05, 0.1) is 16.3 Å². The highest BCUT2D eigenvalue weighted by Crippen LogP contribution is 2.35. The maximum atomic E-state index is 11.5. The van der Waals surface area contributed by atoms with Crippen molar-refractivity contribution in [1.82, 2.24) is 0 Å². The van der Waals surface area contributed by atoms with E-state index >= 15 is 0 Å². The summed E-state index contributed by atoms with van der Waals surface area (Å²) in [4.78, 5) is 13.4. The number of carbonyl (C=O) groups excluding carboxylic acids is 1. The zero-order valence-electron chi connectivity index (χ0n) is 10.4. The van der Waals surface area contributed by atoms with Gasteiger partial charge in [-0.15, -0.1) is 0 Å². The summed E-state index contributed by atoms with van der Waals surface area (Å²) in [7, 11) is 1.82. The molecule has 2 rings (SSSR count). The normalized spacial score (nSPS) is 10.2. The number of nitrogens with zero attached hydrogens (tertiary/aromatic N) is 1. The lowest BCUT2D eigenvalue weighted by Gasteiger charge is -2.23. The minimum absolute atomic E-state index is 0.302. The van der Waals surface area contributed by atoms with E-state index in [4.69, 9.17) is 23.1 Å². The molecule has 0 unspecified atom stereocenters. The molecule has 0 saturated carbocycles. The van der Waals surface area contributed by atoms with Gasteiger partial charge in [-0.25, -0.2) is 0 Å². The van der Waals surface area contributed by atoms with E-state index in [1.807, 2.05) is 42.3 Å². The topological polar surface area (TPSA) is 72.3 Å². The average Bonchev–Trinajstić information content (AvgIpc) is 2.38. The highest BCUT2D eigenvalue weighted by Gasteiger charge is 2.17. The molecule has 0 heterocycles. The Morgan fingerprint density at radius 1 is 1.21 bits per heavy atom. The van der Waals surface area contributed by atoms with Crippen LogP contribution in [0, 0.1) is 0 Å². The summed E-state index contributed by atoms with van der Waals surface area (Å²) in [6.07, 6.45) is 0. The Bertz CT molecular complexity index is 614. The molecule has 0 saturated heterocycles. The standard InChI is InChI=1S/C14H14ClN3O/c1-18(10-5-3-2-4-6-10)13-11(14(17)19)7-9(16)8-12(13)15/h2-8H,16H2,1H3,(H2,17,19). The Labute approximate surface area is 116 Å². The van der Waals surface area contributed by atoms with Gasteiger partial charge < -0.3 is 16.4 Å². The summed E-state index contributed by atoms with van der Waals surface area (Å²) in [6, 6.07) is 12.7. The lowest BCUT2D eigenvalue weighted by atomic mass is 10.1. The number of primary amides is 1. The SMILES string of the molecule is CN(c1ccccc1)c1c(Cl)cc(N)cc1C(N)=O. The second-order valence-electron chi connectivity index (χ2n) is 4.16. The van der Waals surface area contributed by atoms with Gasteiger partial charge in [0, 0.05) is 18.4 Å². The van der Waals surface area contributed by atoms with Crippen molar-refractivity contribution in [2.24, 2.45) is 5.73 Å². The van der Waals surface area contributed by atoms with E-state index in [9.17, 15) is 4.79 Å². The molecular formula is C14H14ClN3O. The Balaban J connectivity index is 2.59. The van der Waals surface area contributed by atoms with Gasteiger partial charge in [-0.2, -0.15) is 0 Å². The van der Waals surface area contributed by atoms with E-state index in [2.05, 4.69) is 0 Å². The van der Waals surface area contributed by atoms with Gasteiger partial charge >= 0.3 is 0 Å². The van der Waals surface area contributed by atoms with Gasteiger partial charge in [0.15, 0.2) is 0 Å². The molecule has 0 spiro atoms. The van der Waals surface area contributed by atoms with Crippen LogP contribution in [0.3, 0.4) is 0 Å². The molecule has 0 fully saturated rings. The Hall–Kier alpha value is -2.20. The first kappa shape index (κ1) is 13.2. The van der Waals surface area contributed by atoms with Crippen LogP contribution in [0.25, 0.3) is 0 Å². The van der Waals surface area contributed by atoms with Crippen molar-refractivity contribution in [1.29, 1.82) is 0 Å². The monoisotopic (exact) mass is 275 g/mol. The average molecular weight is 276 g/mol. The van der Waals surface area contributed by atoms with E-state index in [-0.39, 0.29) is 0 Å². The van der Waals surface area contributed by atoms with E-state index in [0.717, 1.165) is 5.69 Å². The van der Waals surface area contributed by atoms with Crippen molar-refractivity contribution in [3.05, 3.63) is 53.1 Å². The van der Waals surface area contributed by atoms with E-state index in [1.165, 1.54) is 6.07 Å². The first-order chi connectivity index (χ1) is 9.00. The van der Waals surface area contributed by atoms with Crippen LogP contribution in [0.4, 0.5) is 17.1 Å². The Morgan fingerprint density at radius 2 is 1.84 bits per heavy atom.